The summed E-state index contributed by atoms with van der Waals surface area (Å²) in [5, 5.41) is 0. The number of rotatable bonds is 3. The molecule has 1 rings (SSSR count). The van der Waals surface area contributed by atoms with Crippen molar-refractivity contribution in [3.63, 3.8) is 0 Å². The molecular weight excluding hydrogens is 273 g/mol. The first kappa shape index (κ1) is 18.4. The Bertz CT molecular complexity index is 475. The van der Waals surface area contributed by atoms with Crippen molar-refractivity contribution < 1.29 is 0 Å². The number of nitrogens with zero attached hydrogens (tertiary/aromatic N) is 1. The van der Waals surface area contributed by atoms with Crippen LogP contribution in [0.3, 0.4) is 0 Å². The van der Waals surface area contributed by atoms with Crippen molar-refractivity contribution in [3.8, 4) is 0 Å². The fraction of sp³-hybridized carbons (Fsp3) is 0.611. The predicted molar refractivity (Wildman–Crippen MR) is 100 cm³/mol. The molecule has 0 saturated heterocycles. The van der Waals surface area contributed by atoms with Crippen LogP contribution < -0.4 is 0 Å². The summed E-state index contributed by atoms with van der Waals surface area (Å²) in [5.74, 6) is 0. The molecule has 0 aromatic heterocycles. The number of aliphatic imine (C=N–C) groups is 1. The first-order chi connectivity index (χ1) is 9.39. The van der Waals surface area contributed by atoms with E-state index in [1.54, 1.807) is 0 Å². The maximum Gasteiger partial charge on any atom is 0.145 e. The van der Waals surface area contributed by atoms with Crippen LogP contribution in [0.5, 0.6) is 0 Å². The van der Waals surface area contributed by atoms with Crippen molar-refractivity contribution in [2.45, 2.75) is 75.8 Å². The van der Waals surface area contributed by atoms with Crippen LogP contribution in [0.2, 0.25) is 0 Å². The van der Waals surface area contributed by atoms with Crippen LogP contribution in [0.1, 0.15) is 61.0 Å². The van der Waals surface area contributed by atoms with Crippen LogP contribution >= 0.6 is 9.88 Å². The normalized spacial score (nSPS) is 14.9. The van der Waals surface area contributed by atoms with E-state index in [0.29, 0.717) is 6.04 Å². The quantitative estimate of drug-likeness (QED) is 0.526. The highest BCUT2D eigenvalue weighted by Crippen LogP contribution is 2.69. The van der Waals surface area contributed by atoms with Gasteiger partial charge in [-0.15, -0.1) is 0 Å². The van der Waals surface area contributed by atoms with E-state index in [1.165, 1.54) is 4.90 Å². The Hall–Kier alpha value is -0.695. The van der Waals surface area contributed by atoms with Crippen LogP contribution in [0, 0.1) is 0 Å². The third-order valence-corrected chi connectivity index (χ3v) is 8.58. The highest BCUT2D eigenvalue weighted by molar-refractivity contribution is 8.51. The minimum Gasteiger partial charge on any atom is -0.290 e. The van der Waals surface area contributed by atoms with Gasteiger partial charge in [0.05, 0.1) is 0 Å². The molecule has 2 radical (unpaired) electrons. The summed E-state index contributed by atoms with van der Waals surface area (Å²) in [6.45, 7) is 17.7. The summed E-state index contributed by atoms with van der Waals surface area (Å²) < 4.78 is 0.109. The Kier molecular flexibility index (Phi) is 5.42. The third kappa shape index (κ3) is 3.94. The van der Waals surface area contributed by atoms with Gasteiger partial charge in [-0.3, -0.25) is 4.99 Å². The van der Waals surface area contributed by atoms with Gasteiger partial charge in [-0.2, -0.15) is 0 Å². The SMILES string of the molecule is [B]S(c1ccc(C=NC(C)C)cc1)(C(C)(C)C)C(C)(C)C. The predicted octanol–water partition coefficient (Wildman–Crippen LogP) is 5.36. The molecule has 0 heterocycles. The number of hydrogen-bond donors (Lipinski definition) is 0. The van der Waals surface area contributed by atoms with Gasteiger partial charge in [-0.1, -0.05) is 65.8 Å². The molecule has 0 saturated carbocycles. The van der Waals surface area contributed by atoms with Crippen molar-refractivity contribution in [2.24, 2.45) is 4.99 Å². The minimum atomic E-state index is -1.44. The van der Waals surface area contributed by atoms with E-state index in [4.69, 9.17) is 7.12 Å². The molecule has 0 fully saturated rings. The van der Waals surface area contributed by atoms with Crippen LogP contribution in [-0.2, 0) is 0 Å². The Morgan fingerprint density at radius 1 is 0.952 bits per heavy atom. The second-order valence-electron chi connectivity index (χ2n) is 7.83. The molecule has 0 atom stereocenters. The Morgan fingerprint density at radius 2 is 1.38 bits per heavy atom. The van der Waals surface area contributed by atoms with Gasteiger partial charge in [-0.05, 0) is 33.8 Å². The van der Waals surface area contributed by atoms with Gasteiger partial charge in [0.15, 0.2) is 0 Å². The molecular formula is C18H30BNS. The Labute approximate surface area is 134 Å². The van der Waals surface area contributed by atoms with Crippen LogP contribution in [0.15, 0.2) is 34.2 Å². The summed E-state index contributed by atoms with van der Waals surface area (Å²) >= 11 is 0. The van der Waals surface area contributed by atoms with E-state index in [-0.39, 0.29) is 9.49 Å². The van der Waals surface area contributed by atoms with Crippen molar-refractivity contribution in [3.05, 3.63) is 29.8 Å². The lowest BCUT2D eigenvalue weighted by Gasteiger charge is -2.58. The molecule has 1 aromatic carbocycles. The molecule has 0 aliphatic carbocycles. The molecule has 0 aliphatic heterocycles. The fourth-order valence-electron chi connectivity index (χ4n) is 2.63. The van der Waals surface area contributed by atoms with Gasteiger partial charge in [0, 0.05) is 12.3 Å². The first-order valence-electron chi connectivity index (χ1n) is 7.63. The third-order valence-electron chi connectivity index (χ3n) is 3.71. The van der Waals surface area contributed by atoms with E-state index in [1.807, 2.05) is 6.21 Å². The second kappa shape index (κ2) is 6.20. The minimum absolute atomic E-state index is 0.0544. The van der Waals surface area contributed by atoms with Crippen molar-refractivity contribution in [1.82, 2.24) is 0 Å². The monoisotopic (exact) mass is 303 g/mol. The summed E-state index contributed by atoms with van der Waals surface area (Å²) in [6.07, 6.45) is 1.94. The number of benzene rings is 1. The first-order valence-corrected chi connectivity index (χ1v) is 9.33. The molecule has 0 N–H and O–H groups in total. The van der Waals surface area contributed by atoms with E-state index in [2.05, 4.69) is 84.6 Å². The van der Waals surface area contributed by atoms with Gasteiger partial charge >= 0.3 is 0 Å². The highest BCUT2D eigenvalue weighted by Gasteiger charge is 2.42. The molecule has 3 heteroatoms. The van der Waals surface area contributed by atoms with Gasteiger partial charge in [0.25, 0.3) is 0 Å². The van der Waals surface area contributed by atoms with Crippen molar-refractivity contribution >= 4 is 23.2 Å². The largest absolute Gasteiger partial charge is 0.290 e. The van der Waals surface area contributed by atoms with Gasteiger partial charge in [0.2, 0.25) is 0 Å². The van der Waals surface area contributed by atoms with Gasteiger partial charge in [0.1, 0.15) is 7.12 Å². The lowest BCUT2D eigenvalue weighted by Crippen LogP contribution is -2.38. The van der Waals surface area contributed by atoms with Crippen molar-refractivity contribution in [2.75, 3.05) is 0 Å². The van der Waals surface area contributed by atoms with E-state index < -0.39 is 9.88 Å². The highest BCUT2D eigenvalue weighted by atomic mass is 32.3. The maximum absolute atomic E-state index is 7.00. The van der Waals surface area contributed by atoms with Gasteiger partial charge in [-0.25, -0.2) is 9.88 Å². The smallest absolute Gasteiger partial charge is 0.145 e. The Morgan fingerprint density at radius 3 is 1.71 bits per heavy atom. The van der Waals surface area contributed by atoms with E-state index in [0.717, 1.165) is 5.56 Å². The average Bonchev–Trinajstić information content (AvgIpc) is 2.33. The van der Waals surface area contributed by atoms with E-state index >= 15 is 0 Å². The lowest BCUT2D eigenvalue weighted by atomic mass is 10.2. The molecule has 0 amide bonds. The summed E-state index contributed by atoms with van der Waals surface area (Å²) in [5.41, 5.74) is 1.14. The number of hydrogen-bond acceptors (Lipinski definition) is 1. The zero-order valence-corrected chi connectivity index (χ0v) is 15.7. The molecule has 1 aromatic rings. The lowest BCUT2D eigenvalue weighted by molar-refractivity contribution is 0.718. The zero-order valence-electron chi connectivity index (χ0n) is 14.9. The average molecular weight is 303 g/mol. The molecule has 0 bridgehead atoms. The summed E-state index contributed by atoms with van der Waals surface area (Å²) in [7, 11) is 5.55. The van der Waals surface area contributed by atoms with Crippen LogP contribution in [0.4, 0.5) is 0 Å². The maximum atomic E-state index is 7.00. The second-order valence-corrected chi connectivity index (χ2v) is 12.1. The molecule has 0 spiro atoms. The van der Waals surface area contributed by atoms with E-state index in [9.17, 15) is 0 Å². The zero-order chi connectivity index (χ0) is 16.5. The molecule has 0 unspecified atom stereocenters. The van der Waals surface area contributed by atoms with Crippen LogP contribution in [-0.4, -0.2) is 28.9 Å². The summed E-state index contributed by atoms with van der Waals surface area (Å²) in [4.78, 5) is 5.70. The molecule has 21 heavy (non-hydrogen) atoms. The summed E-state index contributed by atoms with van der Waals surface area (Å²) in [6, 6.07) is 8.97. The Balaban J connectivity index is 3.24. The fourth-order valence-corrected chi connectivity index (χ4v) is 6.45. The molecule has 1 nitrogen and oxygen atoms in total. The van der Waals surface area contributed by atoms with Gasteiger partial charge < -0.3 is 0 Å². The topological polar surface area (TPSA) is 12.4 Å². The molecule has 116 valence electrons. The molecule has 0 aliphatic rings. The van der Waals surface area contributed by atoms with Crippen LogP contribution in [0.25, 0.3) is 0 Å². The van der Waals surface area contributed by atoms with Crippen molar-refractivity contribution in [1.29, 1.82) is 0 Å². The standard InChI is InChI=1S/C18H30BNS/c1-14(2)20-13-15-9-11-16(12-10-15)21(19,17(3,4)5)18(6,7)8/h9-14H,1-8H3.